The molecular weight excluding hydrogens is 178 g/mol. The Morgan fingerprint density at radius 1 is 1.21 bits per heavy atom. The third kappa shape index (κ3) is 1.47. The van der Waals surface area contributed by atoms with Crippen LogP contribution in [0.3, 0.4) is 0 Å². The first kappa shape index (κ1) is 8.43. The van der Waals surface area contributed by atoms with E-state index in [0.717, 1.165) is 5.69 Å². The van der Waals surface area contributed by atoms with E-state index in [1.54, 1.807) is 10.8 Å². The van der Waals surface area contributed by atoms with E-state index in [1.807, 2.05) is 30.3 Å². The van der Waals surface area contributed by atoms with Crippen molar-refractivity contribution in [2.45, 2.75) is 0 Å². The Hall–Kier alpha value is -2.17. The molecule has 0 atom stereocenters. The van der Waals surface area contributed by atoms with Gasteiger partial charge in [0.1, 0.15) is 0 Å². The van der Waals surface area contributed by atoms with E-state index in [2.05, 4.69) is 15.5 Å². The van der Waals surface area contributed by atoms with Crippen LogP contribution in [0.5, 0.6) is 0 Å². The maximum absolute atomic E-state index is 5.28. The minimum atomic E-state index is 0.610. The summed E-state index contributed by atoms with van der Waals surface area (Å²) in [5, 5.41) is 11.2. The average molecular weight is 187 g/mol. The summed E-state index contributed by atoms with van der Waals surface area (Å²) >= 11 is 0. The second kappa shape index (κ2) is 3.69. The molecule has 2 rings (SSSR count). The molecule has 0 radical (unpaired) electrons. The van der Waals surface area contributed by atoms with Crippen molar-refractivity contribution in [2.24, 2.45) is 5.73 Å². The van der Waals surface area contributed by atoms with Gasteiger partial charge in [-0.25, -0.2) is 0 Å². The van der Waals surface area contributed by atoms with Crippen LogP contribution in [0.2, 0.25) is 0 Å². The number of hydrogen-bond donors (Lipinski definition) is 1. The quantitative estimate of drug-likeness (QED) is 0.747. The minimum Gasteiger partial charge on any atom is -0.404 e. The number of nitrogens with two attached hydrogens (primary N) is 1. The highest BCUT2D eigenvalue weighted by Gasteiger charge is 2.03. The zero-order chi connectivity index (χ0) is 9.80. The van der Waals surface area contributed by atoms with E-state index in [-0.39, 0.29) is 0 Å². The van der Waals surface area contributed by atoms with E-state index in [9.17, 15) is 0 Å². The summed E-state index contributed by atoms with van der Waals surface area (Å²) in [4.78, 5) is 0. The lowest BCUT2D eigenvalue weighted by atomic mass is 10.3. The van der Waals surface area contributed by atoms with Gasteiger partial charge in [0.2, 0.25) is 0 Å². The number of nitrogens with zero attached hydrogens (tertiary/aromatic N) is 4. The Morgan fingerprint density at radius 2 is 2.00 bits per heavy atom. The van der Waals surface area contributed by atoms with Gasteiger partial charge in [0, 0.05) is 6.08 Å². The van der Waals surface area contributed by atoms with E-state index < -0.39 is 0 Å². The van der Waals surface area contributed by atoms with Crippen molar-refractivity contribution < 1.29 is 0 Å². The Kier molecular flexibility index (Phi) is 2.22. The molecule has 0 aliphatic heterocycles. The van der Waals surface area contributed by atoms with Gasteiger partial charge >= 0.3 is 0 Å². The minimum absolute atomic E-state index is 0.610. The molecule has 5 heteroatoms. The second-order valence-electron chi connectivity index (χ2n) is 2.64. The average Bonchev–Trinajstić information content (AvgIpc) is 2.68. The molecule has 5 nitrogen and oxygen atoms in total. The first-order valence-corrected chi connectivity index (χ1v) is 4.14. The Labute approximate surface area is 80.9 Å². The normalized spacial score (nSPS) is 10.9. The molecule has 0 amide bonds. The van der Waals surface area contributed by atoms with Crippen LogP contribution in [0.15, 0.2) is 36.5 Å². The lowest BCUT2D eigenvalue weighted by Gasteiger charge is -1.99. The fraction of sp³-hybridized carbons (Fsp3) is 0. The highest BCUT2D eigenvalue weighted by Crippen LogP contribution is 2.07. The number of tetrazole rings is 1. The largest absolute Gasteiger partial charge is 0.404 e. The molecule has 0 fully saturated rings. The Balaban J connectivity index is 2.47. The van der Waals surface area contributed by atoms with Gasteiger partial charge in [-0.3, -0.25) is 0 Å². The van der Waals surface area contributed by atoms with Crippen molar-refractivity contribution in [3.05, 3.63) is 42.4 Å². The van der Waals surface area contributed by atoms with Crippen LogP contribution < -0.4 is 5.73 Å². The number of hydrogen-bond acceptors (Lipinski definition) is 4. The van der Waals surface area contributed by atoms with Gasteiger partial charge in [0.15, 0.2) is 5.82 Å². The molecule has 0 spiro atoms. The van der Waals surface area contributed by atoms with Gasteiger partial charge in [-0.1, -0.05) is 18.2 Å². The molecule has 2 aromatic rings. The molecule has 1 aromatic heterocycles. The molecule has 0 unspecified atom stereocenters. The van der Waals surface area contributed by atoms with Gasteiger partial charge in [-0.05, 0) is 28.8 Å². The highest BCUT2D eigenvalue weighted by molar-refractivity contribution is 5.43. The molecule has 0 saturated heterocycles. The third-order valence-corrected chi connectivity index (χ3v) is 1.74. The van der Waals surface area contributed by atoms with Crippen molar-refractivity contribution in [3.8, 4) is 5.69 Å². The molecule has 1 heterocycles. The van der Waals surface area contributed by atoms with Crippen LogP contribution in [0, 0.1) is 0 Å². The maximum Gasteiger partial charge on any atom is 0.181 e. The molecule has 0 aliphatic carbocycles. The van der Waals surface area contributed by atoms with Gasteiger partial charge in [0.05, 0.1) is 5.69 Å². The zero-order valence-electron chi connectivity index (χ0n) is 7.41. The van der Waals surface area contributed by atoms with Crippen LogP contribution in [0.25, 0.3) is 11.8 Å². The number of rotatable bonds is 2. The van der Waals surface area contributed by atoms with Gasteiger partial charge in [0.25, 0.3) is 0 Å². The standard InChI is InChI=1S/C9H9N5/c10-7-6-9-11-12-13-14(9)8-4-2-1-3-5-8/h1-7H,10H2. The Bertz CT molecular complexity index is 431. The first-order valence-electron chi connectivity index (χ1n) is 4.14. The summed E-state index contributed by atoms with van der Waals surface area (Å²) < 4.78 is 1.61. The van der Waals surface area contributed by atoms with E-state index in [0.29, 0.717) is 5.82 Å². The fourth-order valence-corrected chi connectivity index (χ4v) is 1.14. The van der Waals surface area contributed by atoms with Crippen LogP contribution in [-0.2, 0) is 0 Å². The van der Waals surface area contributed by atoms with Crippen molar-refractivity contribution in [2.75, 3.05) is 0 Å². The van der Waals surface area contributed by atoms with E-state index >= 15 is 0 Å². The van der Waals surface area contributed by atoms with E-state index in [1.165, 1.54) is 6.20 Å². The number of para-hydroxylation sites is 1. The monoisotopic (exact) mass is 187 g/mol. The molecular formula is C9H9N5. The summed E-state index contributed by atoms with van der Waals surface area (Å²) in [6, 6.07) is 9.63. The zero-order valence-corrected chi connectivity index (χ0v) is 7.41. The van der Waals surface area contributed by atoms with Crippen molar-refractivity contribution in [1.29, 1.82) is 0 Å². The summed E-state index contributed by atoms with van der Waals surface area (Å²) in [5.41, 5.74) is 6.19. The summed E-state index contributed by atoms with van der Waals surface area (Å²) in [7, 11) is 0. The topological polar surface area (TPSA) is 69.6 Å². The van der Waals surface area contributed by atoms with Gasteiger partial charge in [-0.15, -0.1) is 5.10 Å². The SMILES string of the molecule is NC=Cc1nnnn1-c1ccccc1. The lowest BCUT2D eigenvalue weighted by Crippen LogP contribution is -1.99. The van der Waals surface area contributed by atoms with Crippen LogP contribution >= 0.6 is 0 Å². The van der Waals surface area contributed by atoms with Gasteiger partial charge in [-0.2, -0.15) is 4.68 Å². The summed E-state index contributed by atoms with van der Waals surface area (Å²) in [6.45, 7) is 0. The Morgan fingerprint density at radius 3 is 2.71 bits per heavy atom. The maximum atomic E-state index is 5.28. The molecule has 0 bridgehead atoms. The summed E-state index contributed by atoms with van der Waals surface area (Å²) in [6.07, 6.45) is 3.05. The number of benzene rings is 1. The second-order valence-corrected chi connectivity index (χ2v) is 2.64. The molecule has 70 valence electrons. The first-order chi connectivity index (χ1) is 6.92. The van der Waals surface area contributed by atoms with Crippen molar-refractivity contribution >= 4 is 6.08 Å². The molecule has 2 N–H and O–H groups in total. The molecule has 1 aromatic carbocycles. The van der Waals surface area contributed by atoms with Crippen LogP contribution in [0.1, 0.15) is 5.82 Å². The highest BCUT2D eigenvalue weighted by atomic mass is 15.5. The molecule has 14 heavy (non-hydrogen) atoms. The summed E-state index contributed by atoms with van der Waals surface area (Å²) in [5.74, 6) is 0.610. The van der Waals surface area contributed by atoms with E-state index in [4.69, 9.17) is 5.73 Å². The van der Waals surface area contributed by atoms with Crippen LogP contribution in [0.4, 0.5) is 0 Å². The van der Waals surface area contributed by atoms with Gasteiger partial charge < -0.3 is 5.73 Å². The smallest absolute Gasteiger partial charge is 0.181 e. The van der Waals surface area contributed by atoms with Crippen LogP contribution in [-0.4, -0.2) is 20.2 Å². The molecule has 0 saturated carbocycles. The van der Waals surface area contributed by atoms with Crippen molar-refractivity contribution in [1.82, 2.24) is 20.2 Å². The third-order valence-electron chi connectivity index (χ3n) is 1.74. The molecule has 0 aliphatic rings. The van der Waals surface area contributed by atoms with Crippen molar-refractivity contribution in [3.63, 3.8) is 0 Å². The predicted molar refractivity (Wildman–Crippen MR) is 52.4 cm³/mol. The predicted octanol–water partition coefficient (Wildman–Crippen LogP) is 0.592. The lowest BCUT2D eigenvalue weighted by molar-refractivity contribution is 0.787. The number of aromatic nitrogens is 4. The fourth-order valence-electron chi connectivity index (χ4n) is 1.14.